The Morgan fingerprint density at radius 1 is 1.47 bits per heavy atom. The Morgan fingerprint density at radius 3 is 2.71 bits per heavy atom. The van der Waals surface area contributed by atoms with E-state index in [2.05, 4.69) is 4.98 Å². The van der Waals surface area contributed by atoms with Crippen LogP contribution in [0, 0.1) is 5.82 Å². The zero-order valence-corrected chi connectivity index (χ0v) is 8.94. The van der Waals surface area contributed by atoms with Crippen LogP contribution in [0.4, 0.5) is 23.5 Å². The third-order valence-corrected chi connectivity index (χ3v) is 2.66. The zero-order chi connectivity index (χ0) is 12.8. The average molecular weight is 272 g/mol. The molecule has 9 heteroatoms. The molecule has 0 saturated heterocycles. The Hall–Kier alpha value is -1.31. The molecule has 1 N–H and O–H groups in total. The lowest BCUT2D eigenvalue weighted by molar-refractivity contribution is -0.145. The van der Waals surface area contributed by atoms with E-state index in [4.69, 9.17) is 11.6 Å². The second-order valence-electron chi connectivity index (χ2n) is 3.52. The molecule has 1 aliphatic heterocycles. The number of fused-ring (bicyclic) bond motifs is 1. The Labute approximate surface area is 97.2 Å². The van der Waals surface area contributed by atoms with E-state index in [0.29, 0.717) is 0 Å². The predicted octanol–water partition coefficient (Wildman–Crippen LogP) is 1.78. The summed E-state index contributed by atoms with van der Waals surface area (Å²) in [5.41, 5.74) is -1.08. The number of rotatable bonds is 0. The quantitative estimate of drug-likeness (QED) is 0.578. The molecular formula is C8H6ClF4N3O. The van der Waals surface area contributed by atoms with Crippen LogP contribution in [0.5, 0.6) is 0 Å². The highest BCUT2D eigenvalue weighted by molar-refractivity contribution is 6.29. The van der Waals surface area contributed by atoms with Crippen LogP contribution < -0.4 is 10.9 Å². The zero-order valence-electron chi connectivity index (χ0n) is 8.18. The van der Waals surface area contributed by atoms with E-state index >= 15 is 0 Å². The first-order valence-electron chi connectivity index (χ1n) is 4.60. The van der Waals surface area contributed by atoms with Gasteiger partial charge in [-0.3, -0.25) is 9.36 Å². The summed E-state index contributed by atoms with van der Waals surface area (Å²) in [6.07, 6.45) is -4.82. The molecule has 4 nitrogen and oxygen atoms in total. The van der Waals surface area contributed by atoms with Gasteiger partial charge in [-0.25, -0.2) is 0 Å². The topological polar surface area (TPSA) is 46.9 Å². The molecule has 0 radical (unpaired) electrons. The van der Waals surface area contributed by atoms with Crippen LogP contribution in [-0.4, -0.2) is 21.8 Å². The Kier molecular flexibility index (Phi) is 2.76. The highest BCUT2D eigenvalue weighted by atomic mass is 35.5. The molecule has 2 heterocycles. The fourth-order valence-electron chi connectivity index (χ4n) is 1.55. The molecule has 0 saturated carbocycles. The Morgan fingerprint density at radius 2 is 2.12 bits per heavy atom. The van der Waals surface area contributed by atoms with Crippen molar-refractivity contribution in [3.05, 3.63) is 21.3 Å². The maximum atomic E-state index is 13.1. The number of hydrogen-bond acceptors (Lipinski definition) is 3. The van der Waals surface area contributed by atoms with Crippen LogP contribution in [-0.2, 0) is 6.54 Å². The van der Waals surface area contributed by atoms with Crippen molar-refractivity contribution in [3.8, 4) is 0 Å². The van der Waals surface area contributed by atoms with Crippen molar-refractivity contribution < 1.29 is 17.6 Å². The minimum absolute atomic E-state index is 0.258. The van der Waals surface area contributed by atoms with E-state index in [1.54, 1.807) is 0 Å². The second kappa shape index (κ2) is 3.86. The molecular weight excluding hydrogens is 266 g/mol. The molecule has 0 aliphatic carbocycles. The molecule has 0 amide bonds. The first kappa shape index (κ1) is 12.2. The Bertz CT molecular complexity index is 513. The monoisotopic (exact) mass is 271 g/mol. The van der Waals surface area contributed by atoms with Crippen LogP contribution >= 0.6 is 11.6 Å². The smallest absolute Gasteiger partial charge is 0.344 e. The third kappa shape index (κ3) is 2.08. The Balaban J connectivity index is 2.44. The maximum absolute atomic E-state index is 13.1. The maximum Gasteiger partial charge on any atom is 0.408 e. The third-order valence-electron chi connectivity index (χ3n) is 2.41. The first-order valence-corrected chi connectivity index (χ1v) is 4.97. The minimum Gasteiger partial charge on any atom is -0.344 e. The number of hydrogen-bond donors (Lipinski definition) is 1. The van der Waals surface area contributed by atoms with Crippen molar-refractivity contribution in [3.63, 3.8) is 0 Å². The van der Waals surface area contributed by atoms with E-state index in [1.165, 1.54) is 0 Å². The lowest BCUT2D eigenvalue weighted by Gasteiger charge is -2.28. The fraction of sp³-hybridized carbons (Fsp3) is 0.500. The highest BCUT2D eigenvalue weighted by Crippen LogP contribution is 2.28. The molecule has 1 aromatic heterocycles. The van der Waals surface area contributed by atoms with Gasteiger partial charge in [-0.15, -0.1) is 0 Å². The number of halogens is 5. The van der Waals surface area contributed by atoms with Gasteiger partial charge < -0.3 is 5.32 Å². The van der Waals surface area contributed by atoms with Crippen molar-refractivity contribution in [2.24, 2.45) is 0 Å². The van der Waals surface area contributed by atoms with Crippen LogP contribution in [0.2, 0.25) is 5.15 Å². The number of nitrogens with zero attached hydrogens (tertiary/aromatic N) is 2. The van der Waals surface area contributed by atoms with E-state index in [0.717, 1.165) is 4.57 Å². The van der Waals surface area contributed by atoms with E-state index in [-0.39, 0.29) is 18.9 Å². The fourth-order valence-corrected chi connectivity index (χ4v) is 1.72. The van der Waals surface area contributed by atoms with Crippen molar-refractivity contribution in [2.45, 2.75) is 25.2 Å². The van der Waals surface area contributed by atoms with Crippen molar-refractivity contribution in [1.29, 1.82) is 0 Å². The predicted molar refractivity (Wildman–Crippen MR) is 51.5 cm³/mol. The molecule has 1 unspecified atom stereocenters. The molecule has 1 aromatic rings. The largest absolute Gasteiger partial charge is 0.408 e. The van der Waals surface area contributed by atoms with Gasteiger partial charge in [0.05, 0.1) is 0 Å². The molecule has 0 aromatic carbocycles. The van der Waals surface area contributed by atoms with Crippen molar-refractivity contribution in [2.75, 3.05) is 5.32 Å². The van der Waals surface area contributed by atoms with Crippen LogP contribution in [0.3, 0.4) is 0 Å². The summed E-state index contributed by atoms with van der Waals surface area (Å²) >= 11 is 5.29. The summed E-state index contributed by atoms with van der Waals surface area (Å²) in [7, 11) is 0. The number of nitrogens with one attached hydrogen (secondary N) is 1. The van der Waals surface area contributed by atoms with E-state index in [9.17, 15) is 22.4 Å². The number of anilines is 1. The molecule has 17 heavy (non-hydrogen) atoms. The molecule has 1 aliphatic rings. The van der Waals surface area contributed by atoms with Gasteiger partial charge in [0, 0.05) is 6.54 Å². The minimum atomic E-state index is -4.45. The first-order chi connectivity index (χ1) is 7.80. The summed E-state index contributed by atoms with van der Waals surface area (Å²) in [6, 6.07) is -1.81. The standard InChI is InChI=1S/C8H6ClF4N3O/c9-5-4(10)6(17)16-2-1-3(8(11,12)13)14-7(16)15-5/h3H,1-2H2,(H,14,15). The average Bonchev–Trinajstić information content (AvgIpc) is 2.24. The van der Waals surface area contributed by atoms with E-state index in [1.807, 2.05) is 5.32 Å². The number of aromatic nitrogens is 2. The molecule has 0 fully saturated rings. The molecule has 0 spiro atoms. The van der Waals surface area contributed by atoms with Gasteiger partial charge in [-0.05, 0) is 6.42 Å². The highest BCUT2D eigenvalue weighted by Gasteiger charge is 2.42. The van der Waals surface area contributed by atoms with Gasteiger partial charge in [-0.2, -0.15) is 22.5 Å². The summed E-state index contributed by atoms with van der Waals surface area (Å²) in [5.74, 6) is -1.63. The summed E-state index contributed by atoms with van der Waals surface area (Å²) in [4.78, 5) is 14.7. The SMILES string of the molecule is O=c1c(F)c(Cl)nc2n1CCC(C(F)(F)F)N2. The van der Waals surface area contributed by atoms with Gasteiger partial charge in [0.1, 0.15) is 6.04 Å². The van der Waals surface area contributed by atoms with Crippen molar-refractivity contribution >= 4 is 17.5 Å². The number of alkyl halides is 3. The summed E-state index contributed by atoms with van der Waals surface area (Å²) in [5, 5.41) is 1.28. The normalized spacial score (nSPS) is 19.7. The second-order valence-corrected chi connectivity index (χ2v) is 3.88. The van der Waals surface area contributed by atoms with Gasteiger partial charge >= 0.3 is 6.18 Å². The van der Waals surface area contributed by atoms with Gasteiger partial charge in [0.2, 0.25) is 11.8 Å². The molecule has 94 valence electrons. The van der Waals surface area contributed by atoms with Crippen molar-refractivity contribution in [1.82, 2.24) is 9.55 Å². The van der Waals surface area contributed by atoms with Gasteiger partial charge in [0.25, 0.3) is 5.56 Å². The van der Waals surface area contributed by atoms with Crippen LogP contribution in [0.15, 0.2) is 4.79 Å². The molecule has 1 atom stereocenters. The molecule has 2 rings (SSSR count). The summed E-state index contributed by atoms with van der Waals surface area (Å²) < 4.78 is 51.2. The summed E-state index contributed by atoms with van der Waals surface area (Å²) in [6.45, 7) is -0.258. The van der Waals surface area contributed by atoms with Gasteiger partial charge in [0.15, 0.2) is 5.15 Å². The van der Waals surface area contributed by atoms with E-state index < -0.39 is 28.7 Å². The van der Waals surface area contributed by atoms with Crippen LogP contribution in [0.1, 0.15) is 6.42 Å². The molecule has 0 bridgehead atoms. The lowest BCUT2D eigenvalue weighted by atomic mass is 10.1. The van der Waals surface area contributed by atoms with Gasteiger partial charge in [-0.1, -0.05) is 11.6 Å². The lowest BCUT2D eigenvalue weighted by Crippen LogP contribution is -2.44. The van der Waals surface area contributed by atoms with Crippen LogP contribution in [0.25, 0.3) is 0 Å².